The zero-order valence-corrected chi connectivity index (χ0v) is 7.90. The van der Waals surface area contributed by atoms with Crippen molar-refractivity contribution in [1.29, 1.82) is 0 Å². The number of rotatable bonds is 1. The third kappa shape index (κ3) is 1.29. The monoisotopic (exact) mass is 178 g/mol. The van der Waals surface area contributed by atoms with Crippen LogP contribution in [-0.2, 0) is 0 Å². The number of fused-ring (bicyclic) bond motifs is 1. The molecule has 0 unspecified atom stereocenters. The zero-order valence-electron chi connectivity index (χ0n) is 7.90. The molecule has 3 atom stereocenters. The predicted molar refractivity (Wildman–Crippen MR) is 50.7 cm³/mol. The molecule has 0 bridgehead atoms. The maximum Gasteiger partial charge on any atom is 0.141 e. The Kier molecular flexibility index (Phi) is 1.96. The molecule has 3 heteroatoms. The third-order valence-electron chi connectivity index (χ3n) is 2.50. The Balaban J connectivity index is 2.40. The molecule has 0 aliphatic carbocycles. The first-order chi connectivity index (χ1) is 6.20. The van der Waals surface area contributed by atoms with Gasteiger partial charge in [0, 0.05) is 12.2 Å². The minimum Gasteiger partial charge on any atom is -0.488 e. The molecule has 1 aliphatic heterocycles. The van der Waals surface area contributed by atoms with Crippen molar-refractivity contribution in [1.82, 2.24) is 4.98 Å². The second-order valence-electron chi connectivity index (χ2n) is 3.59. The highest BCUT2D eigenvalue weighted by molar-refractivity contribution is 5.36. The van der Waals surface area contributed by atoms with Crippen molar-refractivity contribution >= 4 is 0 Å². The summed E-state index contributed by atoms with van der Waals surface area (Å²) >= 11 is 0. The van der Waals surface area contributed by atoms with Gasteiger partial charge in [0.2, 0.25) is 0 Å². The van der Waals surface area contributed by atoms with Gasteiger partial charge in [-0.2, -0.15) is 0 Å². The van der Waals surface area contributed by atoms with Gasteiger partial charge in [-0.3, -0.25) is 4.98 Å². The lowest BCUT2D eigenvalue weighted by Gasteiger charge is -2.17. The van der Waals surface area contributed by atoms with Crippen LogP contribution in [0, 0.1) is 0 Å². The van der Waals surface area contributed by atoms with Crippen LogP contribution < -0.4 is 10.5 Å². The Labute approximate surface area is 77.9 Å². The van der Waals surface area contributed by atoms with E-state index in [0.29, 0.717) is 0 Å². The van der Waals surface area contributed by atoms with Gasteiger partial charge in [-0.1, -0.05) is 0 Å². The molecule has 0 radical (unpaired) electrons. The van der Waals surface area contributed by atoms with Gasteiger partial charge in [0.1, 0.15) is 11.9 Å². The molecule has 0 fully saturated rings. The van der Waals surface area contributed by atoms with E-state index in [1.54, 1.807) is 6.20 Å². The molecule has 0 aromatic carbocycles. The van der Waals surface area contributed by atoms with Crippen LogP contribution in [0.15, 0.2) is 18.3 Å². The maximum absolute atomic E-state index is 5.88. The van der Waals surface area contributed by atoms with Crippen molar-refractivity contribution in [2.45, 2.75) is 31.9 Å². The molecule has 2 rings (SSSR count). The van der Waals surface area contributed by atoms with E-state index < -0.39 is 0 Å². The summed E-state index contributed by atoms with van der Waals surface area (Å²) in [5, 5.41) is 0. The average molecular weight is 178 g/mol. The van der Waals surface area contributed by atoms with E-state index in [4.69, 9.17) is 10.5 Å². The molecule has 1 aromatic heterocycles. The van der Waals surface area contributed by atoms with Crippen LogP contribution in [0.2, 0.25) is 0 Å². The summed E-state index contributed by atoms with van der Waals surface area (Å²) in [5.41, 5.74) is 6.89. The van der Waals surface area contributed by atoms with Crippen molar-refractivity contribution in [3.63, 3.8) is 0 Å². The molecule has 2 heterocycles. The lowest BCUT2D eigenvalue weighted by Crippen LogP contribution is -2.31. The fourth-order valence-corrected chi connectivity index (χ4v) is 1.93. The molecular weight excluding hydrogens is 164 g/mol. The lowest BCUT2D eigenvalue weighted by molar-refractivity contribution is 0.215. The molecule has 0 amide bonds. The highest BCUT2D eigenvalue weighted by Crippen LogP contribution is 2.37. The number of nitrogens with zero attached hydrogens (tertiary/aromatic N) is 1. The minimum absolute atomic E-state index is 0.0890. The van der Waals surface area contributed by atoms with Crippen LogP contribution >= 0.6 is 0 Å². The van der Waals surface area contributed by atoms with Crippen molar-refractivity contribution in [2.75, 3.05) is 0 Å². The molecule has 70 valence electrons. The quantitative estimate of drug-likeness (QED) is 0.705. The van der Waals surface area contributed by atoms with Gasteiger partial charge in [-0.15, -0.1) is 0 Å². The highest BCUT2D eigenvalue weighted by Gasteiger charge is 2.34. The molecule has 0 spiro atoms. The summed E-state index contributed by atoms with van der Waals surface area (Å²) in [6.45, 7) is 4.03. The second kappa shape index (κ2) is 3.00. The molecule has 3 nitrogen and oxygen atoms in total. The van der Waals surface area contributed by atoms with Crippen LogP contribution in [0.4, 0.5) is 0 Å². The Hall–Kier alpha value is -1.09. The van der Waals surface area contributed by atoms with Crippen molar-refractivity contribution in [3.05, 3.63) is 24.0 Å². The van der Waals surface area contributed by atoms with Gasteiger partial charge >= 0.3 is 0 Å². The average Bonchev–Trinajstić information content (AvgIpc) is 2.39. The number of hydrogen-bond donors (Lipinski definition) is 1. The van der Waals surface area contributed by atoms with E-state index in [9.17, 15) is 0 Å². The largest absolute Gasteiger partial charge is 0.488 e. The summed E-state index contributed by atoms with van der Waals surface area (Å²) in [7, 11) is 0. The Bertz CT molecular complexity index is 312. The van der Waals surface area contributed by atoms with Crippen LogP contribution in [0.25, 0.3) is 0 Å². The Morgan fingerprint density at radius 3 is 3.08 bits per heavy atom. The number of ether oxygens (including phenoxy) is 1. The predicted octanol–water partition coefficient (Wildman–Crippen LogP) is 1.29. The van der Waals surface area contributed by atoms with Crippen molar-refractivity contribution < 1.29 is 4.74 Å². The molecular formula is C10H14N2O. The van der Waals surface area contributed by atoms with E-state index in [2.05, 4.69) is 4.98 Å². The van der Waals surface area contributed by atoms with Crippen LogP contribution in [0.1, 0.15) is 25.5 Å². The number of aromatic nitrogens is 1. The first-order valence-corrected chi connectivity index (χ1v) is 4.57. The Morgan fingerprint density at radius 1 is 1.62 bits per heavy atom. The standard InChI is InChI=1S/C10H14N2O/c1-6(11)9-7(2)13-8-4-3-5-12-10(8)9/h3-7,9H,11H2,1-2H3/t6-,7-,9-/m1/s1. The normalized spacial score (nSPS) is 27.9. The lowest BCUT2D eigenvalue weighted by atomic mass is 9.94. The summed E-state index contributed by atoms with van der Waals surface area (Å²) < 4.78 is 5.64. The molecule has 1 aromatic rings. The van der Waals surface area contributed by atoms with E-state index in [1.165, 1.54) is 0 Å². The number of nitrogens with two attached hydrogens (primary N) is 1. The van der Waals surface area contributed by atoms with E-state index in [0.717, 1.165) is 11.4 Å². The van der Waals surface area contributed by atoms with Gasteiger partial charge in [0.15, 0.2) is 0 Å². The van der Waals surface area contributed by atoms with Crippen molar-refractivity contribution in [3.8, 4) is 5.75 Å². The Morgan fingerprint density at radius 2 is 2.38 bits per heavy atom. The molecule has 0 saturated carbocycles. The van der Waals surface area contributed by atoms with E-state index in [-0.39, 0.29) is 18.1 Å². The topological polar surface area (TPSA) is 48.1 Å². The summed E-state index contributed by atoms with van der Waals surface area (Å²) in [5.74, 6) is 1.12. The number of hydrogen-bond acceptors (Lipinski definition) is 3. The van der Waals surface area contributed by atoms with Gasteiger partial charge in [0.25, 0.3) is 0 Å². The molecule has 1 aliphatic rings. The fourth-order valence-electron chi connectivity index (χ4n) is 1.93. The third-order valence-corrected chi connectivity index (χ3v) is 2.50. The zero-order chi connectivity index (χ0) is 9.42. The van der Waals surface area contributed by atoms with Crippen LogP contribution in [-0.4, -0.2) is 17.1 Å². The molecule has 2 N–H and O–H groups in total. The SMILES string of the molecule is C[C@@H](N)[C@H]1c2ncccc2O[C@@H]1C. The first-order valence-electron chi connectivity index (χ1n) is 4.57. The minimum atomic E-state index is 0.0890. The van der Waals surface area contributed by atoms with Gasteiger partial charge < -0.3 is 10.5 Å². The highest BCUT2D eigenvalue weighted by atomic mass is 16.5. The van der Waals surface area contributed by atoms with Gasteiger partial charge in [-0.05, 0) is 26.0 Å². The summed E-state index contributed by atoms with van der Waals surface area (Å²) in [6, 6.07) is 3.92. The van der Waals surface area contributed by atoms with E-state index in [1.807, 2.05) is 26.0 Å². The van der Waals surface area contributed by atoms with E-state index >= 15 is 0 Å². The van der Waals surface area contributed by atoms with Crippen LogP contribution in [0.3, 0.4) is 0 Å². The summed E-state index contributed by atoms with van der Waals surface area (Å²) in [4.78, 5) is 4.31. The van der Waals surface area contributed by atoms with Crippen molar-refractivity contribution in [2.24, 2.45) is 5.73 Å². The smallest absolute Gasteiger partial charge is 0.141 e. The maximum atomic E-state index is 5.88. The summed E-state index contributed by atoms with van der Waals surface area (Å²) in [6.07, 6.45) is 1.93. The van der Waals surface area contributed by atoms with Gasteiger partial charge in [0.05, 0.1) is 11.6 Å². The van der Waals surface area contributed by atoms with Crippen LogP contribution in [0.5, 0.6) is 5.75 Å². The first kappa shape index (κ1) is 8.51. The number of pyridine rings is 1. The fraction of sp³-hybridized carbons (Fsp3) is 0.500. The second-order valence-corrected chi connectivity index (χ2v) is 3.59. The van der Waals surface area contributed by atoms with Gasteiger partial charge in [-0.25, -0.2) is 0 Å². The molecule has 0 saturated heterocycles. The molecule has 13 heavy (non-hydrogen) atoms.